The number of carbonyl (C=O) groups is 2. The van der Waals surface area contributed by atoms with Gasteiger partial charge < -0.3 is 0 Å². The predicted molar refractivity (Wildman–Crippen MR) is 61.6 cm³/mol. The van der Waals surface area contributed by atoms with Gasteiger partial charge in [-0.25, -0.2) is 4.98 Å². The van der Waals surface area contributed by atoms with Gasteiger partial charge in [0.2, 0.25) is 0 Å². The number of carbonyl (C=O) groups excluding carboxylic acids is 2. The number of rotatable bonds is 2. The highest BCUT2D eigenvalue weighted by atomic mass is 16.2. The number of nitrogens with zero attached hydrogens (tertiary/aromatic N) is 4. The van der Waals surface area contributed by atoms with E-state index in [1.165, 1.54) is 15.9 Å². The zero-order chi connectivity index (χ0) is 12.7. The number of aryl methyl sites for hydroxylation is 1. The summed E-state index contributed by atoms with van der Waals surface area (Å²) >= 11 is 0. The van der Waals surface area contributed by atoms with E-state index in [1.54, 1.807) is 31.3 Å². The predicted octanol–water partition coefficient (Wildman–Crippen LogP) is 0.611. The average molecular weight is 242 g/mol. The number of aromatic nitrogens is 3. The van der Waals surface area contributed by atoms with Gasteiger partial charge in [0, 0.05) is 7.05 Å². The number of hydrogen-bond donors (Lipinski definition) is 0. The van der Waals surface area contributed by atoms with E-state index >= 15 is 0 Å². The van der Waals surface area contributed by atoms with Gasteiger partial charge in [-0.05, 0) is 12.1 Å². The van der Waals surface area contributed by atoms with Crippen molar-refractivity contribution < 1.29 is 9.59 Å². The van der Waals surface area contributed by atoms with Crippen LogP contribution in [0.25, 0.3) is 0 Å². The second-order valence-electron chi connectivity index (χ2n) is 4.08. The van der Waals surface area contributed by atoms with Crippen molar-refractivity contribution >= 4 is 11.8 Å². The molecule has 3 rings (SSSR count). The molecule has 1 aromatic carbocycles. The minimum absolute atomic E-state index is 0.104. The lowest BCUT2D eigenvalue weighted by Gasteiger charge is -2.10. The van der Waals surface area contributed by atoms with Crippen LogP contribution in [0.2, 0.25) is 0 Å². The molecular weight excluding hydrogens is 232 g/mol. The monoisotopic (exact) mass is 242 g/mol. The summed E-state index contributed by atoms with van der Waals surface area (Å²) in [6.45, 7) is 0.104. The minimum atomic E-state index is -0.289. The van der Waals surface area contributed by atoms with Gasteiger partial charge in [0.15, 0.2) is 5.82 Å². The summed E-state index contributed by atoms with van der Waals surface area (Å²) in [5, 5.41) is 4.07. The van der Waals surface area contributed by atoms with E-state index in [9.17, 15) is 9.59 Å². The van der Waals surface area contributed by atoms with Crippen LogP contribution in [0.15, 0.2) is 30.6 Å². The van der Waals surface area contributed by atoms with E-state index in [0.717, 1.165) is 0 Å². The van der Waals surface area contributed by atoms with Crippen molar-refractivity contribution in [1.82, 2.24) is 19.7 Å². The molecule has 0 saturated heterocycles. The Labute approximate surface area is 103 Å². The van der Waals surface area contributed by atoms with Gasteiger partial charge in [0.05, 0.1) is 17.7 Å². The van der Waals surface area contributed by atoms with Crippen LogP contribution in [0, 0.1) is 0 Å². The van der Waals surface area contributed by atoms with Crippen molar-refractivity contribution in [2.45, 2.75) is 6.54 Å². The molecule has 18 heavy (non-hydrogen) atoms. The molecule has 0 unspecified atom stereocenters. The Hall–Kier alpha value is -2.50. The molecule has 0 fully saturated rings. The summed E-state index contributed by atoms with van der Waals surface area (Å²) < 4.78 is 1.54. The van der Waals surface area contributed by atoms with Crippen LogP contribution < -0.4 is 0 Å². The standard InChI is InChI=1S/C12H10N4O2/c1-15-7-13-10(14-15)6-16-11(17)8-4-2-3-5-9(8)12(16)18/h2-5,7H,6H2,1H3. The van der Waals surface area contributed by atoms with Crippen molar-refractivity contribution in [3.8, 4) is 0 Å². The van der Waals surface area contributed by atoms with Gasteiger partial charge >= 0.3 is 0 Å². The summed E-state index contributed by atoms with van der Waals surface area (Å²) in [5.74, 6) is -0.127. The average Bonchev–Trinajstić information content (AvgIpc) is 2.88. The third-order valence-corrected chi connectivity index (χ3v) is 2.82. The Bertz CT molecular complexity index is 612. The van der Waals surface area contributed by atoms with E-state index in [1.807, 2.05) is 0 Å². The first-order valence-corrected chi connectivity index (χ1v) is 5.46. The van der Waals surface area contributed by atoms with E-state index in [-0.39, 0.29) is 18.4 Å². The lowest BCUT2D eigenvalue weighted by molar-refractivity contribution is 0.0638. The Morgan fingerprint density at radius 3 is 2.22 bits per heavy atom. The number of amides is 2. The summed E-state index contributed by atoms with van der Waals surface area (Å²) in [7, 11) is 1.73. The maximum absolute atomic E-state index is 12.1. The Kier molecular flexibility index (Phi) is 2.22. The summed E-state index contributed by atoms with van der Waals surface area (Å²) in [4.78, 5) is 29.3. The molecule has 1 aromatic heterocycles. The van der Waals surface area contributed by atoms with Crippen molar-refractivity contribution in [1.29, 1.82) is 0 Å². The van der Waals surface area contributed by atoms with E-state index in [2.05, 4.69) is 10.1 Å². The Morgan fingerprint density at radius 1 is 1.11 bits per heavy atom. The van der Waals surface area contributed by atoms with Crippen LogP contribution in [0.3, 0.4) is 0 Å². The molecule has 6 nitrogen and oxygen atoms in total. The van der Waals surface area contributed by atoms with Crippen LogP contribution >= 0.6 is 0 Å². The van der Waals surface area contributed by atoms with Gasteiger partial charge in [-0.3, -0.25) is 19.2 Å². The highest BCUT2D eigenvalue weighted by Crippen LogP contribution is 2.23. The first kappa shape index (κ1) is 10.6. The van der Waals surface area contributed by atoms with Crippen molar-refractivity contribution in [3.63, 3.8) is 0 Å². The maximum atomic E-state index is 12.1. The first-order valence-electron chi connectivity index (χ1n) is 5.46. The third kappa shape index (κ3) is 1.50. The van der Waals surface area contributed by atoms with E-state index in [4.69, 9.17) is 0 Å². The molecule has 2 aromatic rings. The van der Waals surface area contributed by atoms with Crippen LogP contribution in [0.5, 0.6) is 0 Å². The van der Waals surface area contributed by atoms with Gasteiger partial charge in [0.25, 0.3) is 11.8 Å². The maximum Gasteiger partial charge on any atom is 0.261 e. The SMILES string of the molecule is Cn1cnc(CN2C(=O)c3ccccc3C2=O)n1. The summed E-state index contributed by atoms with van der Waals surface area (Å²) in [6.07, 6.45) is 1.54. The normalized spacial score (nSPS) is 14.2. The molecule has 90 valence electrons. The van der Waals surface area contributed by atoms with Crippen LogP contribution in [-0.2, 0) is 13.6 Å². The molecule has 2 amide bonds. The second-order valence-corrected chi connectivity index (χ2v) is 4.08. The van der Waals surface area contributed by atoms with E-state index < -0.39 is 0 Å². The number of imide groups is 1. The fraction of sp³-hybridized carbons (Fsp3) is 0.167. The minimum Gasteiger partial charge on any atom is -0.269 e. The van der Waals surface area contributed by atoms with Gasteiger partial charge in [-0.15, -0.1) is 0 Å². The molecule has 0 aliphatic carbocycles. The highest BCUT2D eigenvalue weighted by molar-refractivity contribution is 6.21. The molecule has 6 heteroatoms. The number of benzene rings is 1. The molecule has 0 bridgehead atoms. The van der Waals surface area contributed by atoms with Crippen molar-refractivity contribution in [2.24, 2.45) is 7.05 Å². The van der Waals surface area contributed by atoms with Crippen LogP contribution in [0.4, 0.5) is 0 Å². The number of fused-ring (bicyclic) bond motifs is 1. The zero-order valence-electron chi connectivity index (χ0n) is 9.70. The molecule has 1 aliphatic heterocycles. The molecule has 1 aliphatic rings. The lowest BCUT2D eigenvalue weighted by atomic mass is 10.1. The largest absolute Gasteiger partial charge is 0.269 e. The fourth-order valence-electron chi connectivity index (χ4n) is 1.98. The molecule has 0 atom stereocenters. The Morgan fingerprint density at radius 2 is 1.72 bits per heavy atom. The molecule has 0 N–H and O–H groups in total. The molecule has 0 saturated carbocycles. The van der Waals surface area contributed by atoms with Gasteiger partial charge in [-0.2, -0.15) is 5.10 Å². The number of hydrogen-bond acceptors (Lipinski definition) is 4. The molecule has 0 radical (unpaired) electrons. The van der Waals surface area contributed by atoms with Crippen LogP contribution in [0.1, 0.15) is 26.5 Å². The topological polar surface area (TPSA) is 68.1 Å². The molecule has 2 heterocycles. The Balaban J connectivity index is 1.92. The van der Waals surface area contributed by atoms with E-state index in [0.29, 0.717) is 17.0 Å². The summed E-state index contributed by atoms with van der Waals surface area (Å²) in [6, 6.07) is 6.79. The lowest BCUT2D eigenvalue weighted by Crippen LogP contribution is -2.29. The quantitative estimate of drug-likeness (QED) is 0.724. The third-order valence-electron chi connectivity index (χ3n) is 2.82. The van der Waals surface area contributed by atoms with Crippen molar-refractivity contribution in [2.75, 3.05) is 0 Å². The smallest absolute Gasteiger partial charge is 0.261 e. The highest BCUT2D eigenvalue weighted by Gasteiger charge is 2.35. The van der Waals surface area contributed by atoms with Gasteiger partial charge in [-0.1, -0.05) is 12.1 Å². The first-order chi connectivity index (χ1) is 8.66. The fourth-order valence-corrected chi connectivity index (χ4v) is 1.98. The molecular formula is C12H10N4O2. The van der Waals surface area contributed by atoms with Crippen LogP contribution in [-0.4, -0.2) is 31.5 Å². The second kappa shape index (κ2) is 3.76. The van der Waals surface area contributed by atoms with Gasteiger partial charge in [0.1, 0.15) is 6.33 Å². The van der Waals surface area contributed by atoms with Crippen molar-refractivity contribution in [3.05, 3.63) is 47.5 Å². The zero-order valence-corrected chi connectivity index (χ0v) is 9.70. The molecule has 0 spiro atoms. The summed E-state index contributed by atoms with van der Waals surface area (Å²) in [5.41, 5.74) is 0.886.